The Labute approximate surface area is 203 Å². The Morgan fingerprint density at radius 3 is 2.26 bits per heavy atom. The molecule has 0 saturated carbocycles. The molecule has 0 aliphatic carbocycles. The highest BCUT2D eigenvalue weighted by Gasteiger charge is 2.29. The third kappa shape index (κ3) is 7.90. The van der Waals surface area contributed by atoms with E-state index in [2.05, 4.69) is 5.32 Å². The maximum absolute atomic E-state index is 13.2. The second-order valence-electron chi connectivity index (χ2n) is 7.06. The van der Waals surface area contributed by atoms with Gasteiger partial charge in [0.2, 0.25) is 11.8 Å². The van der Waals surface area contributed by atoms with Crippen LogP contribution in [-0.2, 0) is 21.9 Å². The van der Waals surface area contributed by atoms with Crippen molar-refractivity contribution in [2.75, 3.05) is 12.3 Å². The van der Waals surface area contributed by atoms with Gasteiger partial charge < -0.3 is 10.2 Å². The van der Waals surface area contributed by atoms with Gasteiger partial charge in [0.1, 0.15) is 6.04 Å². The van der Waals surface area contributed by atoms with E-state index in [1.165, 1.54) is 11.8 Å². The molecule has 2 amide bonds. The Balaban J connectivity index is 2.17. The molecule has 4 nitrogen and oxygen atoms in total. The summed E-state index contributed by atoms with van der Waals surface area (Å²) in [7, 11) is 0. The van der Waals surface area contributed by atoms with Crippen LogP contribution in [0.3, 0.4) is 0 Å². The zero-order chi connectivity index (χ0) is 22.8. The number of nitrogens with zero attached hydrogens (tertiary/aromatic N) is 1. The van der Waals surface area contributed by atoms with Gasteiger partial charge in [0.25, 0.3) is 0 Å². The van der Waals surface area contributed by atoms with Gasteiger partial charge in [0.15, 0.2) is 0 Å². The van der Waals surface area contributed by atoms with Crippen molar-refractivity contribution in [3.63, 3.8) is 0 Å². The van der Waals surface area contributed by atoms with Crippen LogP contribution in [0.4, 0.5) is 0 Å². The van der Waals surface area contributed by atoms with Crippen molar-refractivity contribution in [3.05, 3.63) is 68.7 Å². The minimum Gasteiger partial charge on any atom is -0.354 e. The molecule has 1 atom stereocenters. The Morgan fingerprint density at radius 2 is 1.68 bits per heavy atom. The van der Waals surface area contributed by atoms with E-state index in [0.29, 0.717) is 39.3 Å². The molecule has 8 heteroatoms. The molecule has 0 bridgehead atoms. The van der Waals surface area contributed by atoms with E-state index in [4.69, 9.17) is 34.8 Å². The topological polar surface area (TPSA) is 49.4 Å². The summed E-state index contributed by atoms with van der Waals surface area (Å²) < 4.78 is 0. The number of amides is 2. The van der Waals surface area contributed by atoms with Gasteiger partial charge in [-0.05, 0) is 42.7 Å². The predicted octanol–water partition coefficient (Wildman–Crippen LogP) is 6.21. The number of carbonyl (C=O) groups is 2. The smallest absolute Gasteiger partial charge is 0.242 e. The summed E-state index contributed by atoms with van der Waals surface area (Å²) >= 11 is 20.1. The molecule has 0 unspecified atom stereocenters. The molecule has 2 aromatic rings. The number of hydrogen-bond donors (Lipinski definition) is 1. The van der Waals surface area contributed by atoms with Gasteiger partial charge >= 0.3 is 0 Å². The number of nitrogens with one attached hydrogen (secondary N) is 1. The highest BCUT2D eigenvalue weighted by molar-refractivity contribution is 7.99. The van der Waals surface area contributed by atoms with Crippen molar-refractivity contribution < 1.29 is 9.59 Å². The Bertz CT molecular complexity index is 857. The molecule has 0 spiro atoms. The van der Waals surface area contributed by atoms with Crippen molar-refractivity contribution in [3.8, 4) is 0 Å². The van der Waals surface area contributed by atoms with E-state index in [9.17, 15) is 9.59 Å². The molecule has 2 aromatic carbocycles. The first-order valence-electron chi connectivity index (χ1n) is 10.2. The van der Waals surface area contributed by atoms with E-state index in [-0.39, 0.29) is 24.1 Å². The van der Waals surface area contributed by atoms with Crippen LogP contribution >= 0.6 is 46.6 Å². The molecule has 0 aromatic heterocycles. The predicted molar refractivity (Wildman–Crippen MR) is 132 cm³/mol. The number of rotatable bonds is 11. The molecule has 0 saturated heterocycles. The van der Waals surface area contributed by atoms with Crippen LogP contribution in [0.25, 0.3) is 0 Å². The fourth-order valence-electron chi connectivity index (χ4n) is 3.06. The highest BCUT2D eigenvalue weighted by atomic mass is 35.5. The fourth-order valence-corrected chi connectivity index (χ4v) is 4.57. The molecule has 0 aliphatic heterocycles. The lowest BCUT2D eigenvalue weighted by Crippen LogP contribution is -2.49. The van der Waals surface area contributed by atoms with Crippen LogP contribution in [0.2, 0.25) is 15.1 Å². The van der Waals surface area contributed by atoms with Gasteiger partial charge in [0, 0.05) is 39.5 Å². The summed E-state index contributed by atoms with van der Waals surface area (Å²) in [5.41, 5.74) is 1.72. The summed E-state index contributed by atoms with van der Waals surface area (Å²) in [6.07, 6.45) is 1.31. The van der Waals surface area contributed by atoms with Crippen LogP contribution in [-0.4, -0.2) is 35.1 Å². The number of thioether (sulfide) groups is 1. The normalized spacial score (nSPS) is 11.8. The zero-order valence-electron chi connectivity index (χ0n) is 17.7. The third-order valence-corrected chi connectivity index (χ3v) is 6.68. The van der Waals surface area contributed by atoms with Crippen LogP contribution < -0.4 is 5.32 Å². The molecule has 0 radical (unpaired) electrons. The van der Waals surface area contributed by atoms with Crippen molar-refractivity contribution >= 4 is 58.4 Å². The number of benzene rings is 2. The van der Waals surface area contributed by atoms with E-state index in [1.54, 1.807) is 23.1 Å². The standard InChI is InChI=1S/C23H27Cl3N2O2S/c1-3-12-27-23(30)21(4-2)28(13-18-19(25)6-5-7-20(18)26)22(29)15-31-14-16-8-10-17(24)11-9-16/h5-11,21H,3-4,12-15H2,1-2H3,(H,27,30)/t21-/m1/s1. The van der Waals surface area contributed by atoms with Crippen LogP contribution in [0.5, 0.6) is 0 Å². The van der Waals surface area contributed by atoms with Crippen molar-refractivity contribution in [1.82, 2.24) is 10.2 Å². The SMILES string of the molecule is CCCNC(=O)[C@@H](CC)N(Cc1c(Cl)cccc1Cl)C(=O)CSCc1ccc(Cl)cc1. The van der Waals surface area contributed by atoms with Gasteiger partial charge in [-0.2, -0.15) is 0 Å². The summed E-state index contributed by atoms with van der Waals surface area (Å²) in [5, 5.41) is 4.53. The zero-order valence-corrected chi connectivity index (χ0v) is 20.8. The maximum atomic E-state index is 13.2. The maximum Gasteiger partial charge on any atom is 0.242 e. The molecular formula is C23H27Cl3N2O2S. The Morgan fingerprint density at radius 1 is 1.03 bits per heavy atom. The molecule has 0 fully saturated rings. The minimum absolute atomic E-state index is 0.131. The average Bonchev–Trinajstić information content (AvgIpc) is 2.75. The number of carbonyl (C=O) groups excluding carboxylic acids is 2. The van der Waals surface area contributed by atoms with Gasteiger partial charge in [-0.15, -0.1) is 11.8 Å². The third-order valence-electron chi connectivity index (χ3n) is 4.73. The largest absolute Gasteiger partial charge is 0.354 e. The molecule has 31 heavy (non-hydrogen) atoms. The second-order valence-corrected chi connectivity index (χ2v) is 9.29. The molecule has 168 valence electrons. The monoisotopic (exact) mass is 500 g/mol. The van der Waals surface area contributed by atoms with Gasteiger partial charge in [-0.3, -0.25) is 9.59 Å². The number of hydrogen-bond acceptors (Lipinski definition) is 3. The van der Waals surface area contributed by atoms with Gasteiger partial charge in [-0.25, -0.2) is 0 Å². The Hall–Kier alpha value is -1.40. The van der Waals surface area contributed by atoms with Gasteiger partial charge in [0.05, 0.1) is 5.75 Å². The molecule has 2 rings (SSSR count). The first-order valence-corrected chi connectivity index (χ1v) is 12.5. The van der Waals surface area contributed by atoms with Gasteiger partial charge in [-0.1, -0.05) is 66.8 Å². The summed E-state index contributed by atoms with van der Waals surface area (Å²) in [6.45, 7) is 4.62. The fraction of sp³-hybridized carbons (Fsp3) is 0.391. The Kier molecular flexibility index (Phi) is 11.0. The molecular weight excluding hydrogens is 475 g/mol. The van der Waals surface area contributed by atoms with Crippen LogP contribution in [0, 0.1) is 0 Å². The van der Waals surface area contributed by atoms with Crippen LogP contribution in [0.1, 0.15) is 37.8 Å². The quantitative estimate of drug-likeness (QED) is 0.398. The lowest BCUT2D eigenvalue weighted by molar-refractivity contribution is -0.139. The first kappa shape index (κ1) is 25.9. The van der Waals surface area contributed by atoms with Crippen molar-refractivity contribution in [2.45, 2.75) is 45.0 Å². The first-order chi connectivity index (χ1) is 14.9. The highest BCUT2D eigenvalue weighted by Crippen LogP contribution is 2.27. The molecule has 1 N–H and O–H groups in total. The van der Waals surface area contributed by atoms with E-state index in [1.807, 2.05) is 38.1 Å². The molecule has 0 aliphatic rings. The number of halogens is 3. The summed E-state index contributed by atoms with van der Waals surface area (Å²) in [4.78, 5) is 27.6. The van der Waals surface area contributed by atoms with Crippen molar-refractivity contribution in [2.24, 2.45) is 0 Å². The lowest BCUT2D eigenvalue weighted by atomic mass is 10.1. The lowest BCUT2D eigenvalue weighted by Gasteiger charge is -2.31. The van der Waals surface area contributed by atoms with E-state index < -0.39 is 6.04 Å². The van der Waals surface area contributed by atoms with Crippen molar-refractivity contribution in [1.29, 1.82) is 0 Å². The van der Waals surface area contributed by atoms with E-state index in [0.717, 1.165) is 12.0 Å². The summed E-state index contributed by atoms with van der Waals surface area (Å²) in [5.74, 6) is 0.613. The second kappa shape index (κ2) is 13.2. The minimum atomic E-state index is -0.595. The van der Waals surface area contributed by atoms with E-state index >= 15 is 0 Å². The summed E-state index contributed by atoms with van der Waals surface area (Å²) in [6, 6.07) is 12.2. The average molecular weight is 502 g/mol. The molecule has 0 heterocycles. The van der Waals surface area contributed by atoms with Crippen LogP contribution in [0.15, 0.2) is 42.5 Å².